The molecule has 1 aliphatic carbocycles. The topological polar surface area (TPSA) is 71.2 Å². The van der Waals surface area contributed by atoms with Crippen LogP contribution in [-0.2, 0) is 0 Å². The van der Waals surface area contributed by atoms with Gasteiger partial charge in [0.2, 0.25) is 0 Å². The van der Waals surface area contributed by atoms with Gasteiger partial charge in [-0.15, -0.1) is 0 Å². The SMILES string of the molecule is Nc1nc(N2CCCCCC2)sc1C(=O)NC1CC=CC1. The van der Waals surface area contributed by atoms with Crippen molar-refractivity contribution < 1.29 is 4.79 Å². The Labute approximate surface area is 129 Å². The fourth-order valence-electron chi connectivity index (χ4n) is 2.87. The van der Waals surface area contributed by atoms with Crippen LogP contribution in [0.3, 0.4) is 0 Å². The molecule has 21 heavy (non-hydrogen) atoms. The van der Waals surface area contributed by atoms with E-state index < -0.39 is 0 Å². The second kappa shape index (κ2) is 6.47. The van der Waals surface area contributed by atoms with Crippen LogP contribution in [0.5, 0.6) is 0 Å². The minimum atomic E-state index is -0.0835. The smallest absolute Gasteiger partial charge is 0.265 e. The van der Waals surface area contributed by atoms with E-state index in [-0.39, 0.29) is 11.9 Å². The van der Waals surface area contributed by atoms with Crippen molar-refractivity contribution in [2.24, 2.45) is 0 Å². The Hall–Kier alpha value is -1.56. The highest BCUT2D eigenvalue weighted by Gasteiger charge is 2.22. The molecule has 1 aromatic rings. The van der Waals surface area contributed by atoms with Crippen LogP contribution in [0.4, 0.5) is 10.9 Å². The Morgan fingerprint density at radius 3 is 2.57 bits per heavy atom. The monoisotopic (exact) mass is 306 g/mol. The molecule has 0 bridgehead atoms. The summed E-state index contributed by atoms with van der Waals surface area (Å²) in [5, 5.41) is 3.93. The molecule has 0 atom stereocenters. The van der Waals surface area contributed by atoms with Gasteiger partial charge in [-0.2, -0.15) is 0 Å². The van der Waals surface area contributed by atoms with Gasteiger partial charge in [0, 0.05) is 19.1 Å². The number of amides is 1. The Morgan fingerprint density at radius 1 is 1.24 bits per heavy atom. The maximum absolute atomic E-state index is 12.3. The predicted molar refractivity (Wildman–Crippen MR) is 86.8 cm³/mol. The third-order valence-electron chi connectivity index (χ3n) is 4.07. The molecule has 0 spiro atoms. The number of aromatic nitrogens is 1. The van der Waals surface area contributed by atoms with Gasteiger partial charge < -0.3 is 16.0 Å². The lowest BCUT2D eigenvalue weighted by atomic mass is 10.2. The van der Waals surface area contributed by atoms with E-state index in [1.165, 1.54) is 37.0 Å². The van der Waals surface area contributed by atoms with Gasteiger partial charge in [-0.3, -0.25) is 4.79 Å². The van der Waals surface area contributed by atoms with Crippen LogP contribution in [0.2, 0.25) is 0 Å². The highest BCUT2D eigenvalue weighted by Crippen LogP contribution is 2.30. The molecular formula is C15H22N4OS. The number of rotatable bonds is 3. The summed E-state index contributed by atoms with van der Waals surface area (Å²) in [7, 11) is 0. The van der Waals surface area contributed by atoms with Crippen molar-refractivity contribution >= 4 is 28.2 Å². The Bertz CT molecular complexity index is 524. The van der Waals surface area contributed by atoms with E-state index in [1.54, 1.807) is 0 Å². The van der Waals surface area contributed by atoms with E-state index in [4.69, 9.17) is 5.73 Å². The summed E-state index contributed by atoms with van der Waals surface area (Å²) in [5.41, 5.74) is 5.96. The Balaban J connectivity index is 1.69. The number of thiazole rings is 1. The average molecular weight is 306 g/mol. The highest BCUT2D eigenvalue weighted by atomic mass is 32.1. The minimum absolute atomic E-state index is 0.0835. The first-order valence-electron chi connectivity index (χ1n) is 7.71. The summed E-state index contributed by atoms with van der Waals surface area (Å²) >= 11 is 1.42. The van der Waals surface area contributed by atoms with Crippen LogP contribution in [0, 0.1) is 0 Å². The summed E-state index contributed by atoms with van der Waals surface area (Å²) in [6, 6.07) is 0.209. The first kappa shape index (κ1) is 14.4. The molecule has 2 aliphatic rings. The van der Waals surface area contributed by atoms with Crippen molar-refractivity contribution in [3.8, 4) is 0 Å². The van der Waals surface area contributed by atoms with Crippen LogP contribution in [-0.4, -0.2) is 30.0 Å². The van der Waals surface area contributed by atoms with Gasteiger partial charge in [0.25, 0.3) is 5.91 Å². The van der Waals surface area contributed by atoms with Crippen molar-refractivity contribution in [3.05, 3.63) is 17.0 Å². The highest BCUT2D eigenvalue weighted by molar-refractivity contribution is 7.18. The second-order valence-electron chi connectivity index (χ2n) is 5.73. The maximum atomic E-state index is 12.3. The molecule has 1 aliphatic heterocycles. The Kier molecular flexibility index (Phi) is 4.43. The average Bonchev–Trinajstić information content (AvgIpc) is 3.01. The molecule has 1 aromatic heterocycles. The summed E-state index contributed by atoms with van der Waals surface area (Å²) in [5.74, 6) is 0.280. The zero-order chi connectivity index (χ0) is 14.7. The third kappa shape index (κ3) is 3.37. The van der Waals surface area contributed by atoms with E-state index in [1.807, 2.05) is 0 Å². The Morgan fingerprint density at radius 2 is 1.90 bits per heavy atom. The summed E-state index contributed by atoms with van der Waals surface area (Å²) in [4.78, 5) is 19.6. The lowest BCUT2D eigenvalue weighted by Gasteiger charge is -2.18. The van der Waals surface area contributed by atoms with E-state index in [2.05, 4.69) is 27.4 Å². The lowest BCUT2D eigenvalue weighted by molar-refractivity contribution is 0.0944. The molecule has 0 radical (unpaired) electrons. The zero-order valence-corrected chi connectivity index (χ0v) is 13.0. The van der Waals surface area contributed by atoms with E-state index >= 15 is 0 Å². The van der Waals surface area contributed by atoms with Crippen LogP contribution >= 0.6 is 11.3 Å². The van der Waals surface area contributed by atoms with E-state index in [0.29, 0.717) is 10.7 Å². The molecule has 1 amide bonds. The molecule has 3 N–H and O–H groups in total. The van der Waals surface area contributed by atoms with Gasteiger partial charge in [0.05, 0.1) is 0 Å². The van der Waals surface area contributed by atoms with Crippen molar-refractivity contribution in [1.82, 2.24) is 10.3 Å². The number of nitrogen functional groups attached to an aromatic ring is 1. The van der Waals surface area contributed by atoms with Gasteiger partial charge >= 0.3 is 0 Å². The van der Waals surface area contributed by atoms with Crippen LogP contribution in [0.25, 0.3) is 0 Å². The van der Waals surface area contributed by atoms with Crippen molar-refractivity contribution in [2.45, 2.75) is 44.6 Å². The number of nitrogens with two attached hydrogens (primary N) is 1. The molecule has 0 saturated carbocycles. The normalized spacial score (nSPS) is 19.7. The largest absolute Gasteiger partial charge is 0.382 e. The number of nitrogens with zero attached hydrogens (tertiary/aromatic N) is 2. The van der Waals surface area contributed by atoms with Crippen molar-refractivity contribution in [3.63, 3.8) is 0 Å². The molecule has 2 heterocycles. The molecule has 3 rings (SSSR count). The lowest BCUT2D eigenvalue weighted by Crippen LogP contribution is -2.32. The fourth-order valence-corrected chi connectivity index (χ4v) is 3.81. The number of anilines is 2. The number of hydrogen-bond donors (Lipinski definition) is 2. The number of carbonyl (C=O) groups is 1. The molecule has 1 fully saturated rings. The van der Waals surface area contributed by atoms with Crippen molar-refractivity contribution in [1.29, 1.82) is 0 Å². The molecule has 114 valence electrons. The second-order valence-corrected chi connectivity index (χ2v) is 6.70. The number of carbonyl (C=O) groups excluding carboxylic acids is 1. The van der Waals surface area contributed by atoms with Crippen molar-refractivity contribution in [2.75, 3.05) is 23.7 Å². The first-order valence-corrected chi connectivity index (χ1v) is 8.53. The first-order chi connectivity index (χ1) is 10.2. The number of hydrogen-bond acceptors (Lipinski definition) is 5. The van der Waals surface area contributed by atoms with Gasteiger partial charge in [-0.05, 0) is 25.7 Å². The molecule has 5 nitrogen and oxygen atoms in total. The quantitative estimate of drug-likeness (QED) is 0.842. The predicted octanol–water partition coefficient (Wildman–Crippen LogP) is 2.55. The number of nitrogens with one attached hydrogen (secondary N) is 1. The molecule has 0 aromatic carbocycles. The van der Waals surface area contributed by atoms with Gasteiger partial charge in [0.1, 0.15) is 10.7 Å². The molecule has 6 heteroatoms. The van der Waals surface area contributed by atoms with E-state index in [0.717, 1.165) is 31.1 Å². The summed E-state index contributed by atoms with van der Waals surface area (Å²) in [6.07, 6.45) is 10.9. The van der Waals surface area contributed by atoms with Gasteiger partial charge in [0.15, 0.2) is 5.13 Å². The molecule has 0 unspecified atom stereocenters. The zero-order valence-electron chi connectivity index (χ0n) is 12.2. The summed E-state index contributed by atoms with van der Waals surface area (Å²) in [6.45, 7) is 2.03. The van der Waals surface area contributed by atoms with Crippen LogP contribution < -0.4 is 16.0 Å². The van der Waals surface area contributed by atoms with Crippen LogP contribution in [0.15, 0.2) is 12.2 Å². The van der Waals surface area contributed by atoms with Gasteiger partial charge in [-0.1, -0.05) is 36.3 Å². The van der Waals surface area contributed by atoms with Gasteiger partial charge in [-0.25, -0.2) is 4.98 Å². The summed E-state index contributed by atoms with van der Waals surface area (Å²) < 4.78 is 0. The maximum Gasteiger partial charge on any atom is 0.265 e. The minimum Gasteiger partial charge on any atom is -0.382 e. The fraction of sp³-hybridized carbons (Fsp3) is 0.600. The molecule has 1 saturated heterocycles. The third-order valence-corrected chi connectivity index (χ3v) is 5.20. The van der Waals surface area contributed by atoms with Crippen LogP contribution in [0.1, 0.15) is 48.2 Å². The molecular weight excluding hydrogens is 284 g/mol. The standard InChI is InChI=1S/C15H22N4OS/c16-13-12(14(20)17-11-7-3-4-8-11)21-15(18-13)19-9-5-1-2-6-10-19/h3-4,11H,1-2,5-10,16H2,(H,17,20). The van der Waals surface area contributed by atoms with E-state index in [9.17, 15) is 4.79 Å².